The lowest BCUT2D eigenvalue weighted by Crippen LogP contribution is -2.15. The molecule has 5 nitrogen and oxygen atoms in total. The molecule has 88 valence electrons. The van der Waals surface area contributed by atoms with Gasteiger partial charge in [-0.25, -0.2) is 0 Å². The molecule has 17 heavy (non-hydrogen) atoms. The van der Waals surface area contributed by atoms with E-state index in [0.29, 0.717) is 11.6 Å². The fourth-order valence-corrected chi connectivity index (χ4v) is 1.57. The second kappa shape index (κ2) is 4.88. The van der Waals surface area contributed by atoms with Gasteiger partial charge in [0.05, 0.1) is 18.8 Å². The molecule has 0 aliphatic heterocycles. The van der Waals surface area contributed by atoms with Crippen LogP contribution in [0.3, 0.4) is 0 Å². The van der Waals surface area contributed by atoms with Crippen molar-refractivity contribution in [2.45, 2.75) is 13.0 Å². The van der Waals surface area contributed by atoms with Gasteiger partial charge in [0, 0.05) is 18.5 Å². The molecule has 5 heteroatoms. The summed E-state index contributed by atoms with van der Waals surface area (Å²) in [5, 5.41) is 7.94. The normalized spacial score (nSPS) is 12.2. The molecular formula is C12H14N4O. The Morgan fingerprint density at radius 3 is 2.65 bits per heavy atom. The zero-order valence-corrected chi connectivity index (χ0v) is 9.79. The Morgan fingerprint density at radius 1 is 1.24 bits per heavy atom. The highest BCUT2D eigenvalue weighted by Crippen LogP contribution is 2.20. The molecule has 2 aromatic heterocycles. The third kappa shape index (κ3) is 2.39. The van der Waals surface area contributed by atoms with Crippen molar-refractivity contribution in [3.8, 4) is 5.88 Å². The summed E-state index contributed by atoms with van der Waals surface area (Å²) in [5.74, 6) is 0.476. The molecule has 0 saturated heterocycles. The molecule has 2 aromatic rings. The first-order chi connectivity index (χ1) is 8.22. The highest BCUT2D eigenvalue weighted by molar-refractivity contribution is 5.31. The lowest BCUT2D eigenvalue weighted by atomic mass is 10.0. The smallest absolute Gasteiger partial charge is 0.233 e. The Hall–Kier alpha value is -2.01. The number of rotatable bonds is 3. The molecule has 2 rings (SSSR count). The van der Waals surface area contributed by atoms with Crippen LogP contribution in [0, 0.1) is 6.92 Å². The van der Waals surface area contributed by atoms with Crippen molar-refractivity contribution >= 4 is 0 Å². The molecule has 0 spiro atoms. The van der Waals surface area contributed by atoms with E-state index in [9.17, 15) is 0 Å². The van der Waals surface area contributed by atoms with E-state index in [-0.39, 0.29) is 6.04 Å². The summed E-state index contributed by atoms with van der Waals surface area (Å²) in [6.07, 6.45) is 3.50. The highest BCUT2D eigenvalue weighted by Gasteiger charge is 2.13. The third-order valence-electron chi connectivity index (χ3n) is 2.60. The van der Waals surface area contributed by atoms with Crippen LogP contribution in [-0.2, 0) is 0 Å². The Kier molecular flexibility index (Phi) is 3.30. The maximum Gasteiger partial charge on any atom is 0.233 e. The Bertz CT molecular complexity index is 498. The van der Waals surface area contributed by atoms with Gasteiger partial charge in [-0.15, -0.1) is 10.2 Å². The zero-order chi connectivity index (χ0) is 12.3. The number of nitrogens with zero attached hydrogens (tertiary/aromatic N) is 3. The molecule has 0 bridgehead atoms. The first kappa shape index (κ1) is 11.5. The second-order valence-electron chi connectivity index (χ2n) is 3.71. The van der Waals surface area contributed by atoms with Crippen molar-refractivity contribution in [2.75, 3.05) is 7.11 Å². The molecule has 1 unspecified atom stereocenters. The SMILES string of the molecule is COc1ccc(C(N)c2cnccc2C)nn1. The van der Waals surface area contributed by atoms with Crippen LogP contribution in [0.2, 0.25) is 0 Å². The number of hydrogen-bond donors (Lipinski definition) is 1. The number of nitrogens with two attached hydrogens (primary N) is 1. The van der Waals surface area contributed by atoms with Crippen LogP contribution in [0.5, 0.6) is 5.88 Å². The van der Waals surface area contributed by atoms with Gasteiger partial charge in [-0.1, -0.05) is 0 Å². The lowest BCUT2D eigenvalue weighted by Gasteiger charge is -2.12. The number of methoxy groups -OCH3 is 1. The van der Waals surface area contributed by atoms with E-state index < -0.39 is 0 Å². The van der Waals surface area contributed by atoms with Crippen LogP contribution in [0.4, 0.5) is 0 Å². The zero-order valence-electron chi connectivity index (χ0n) is 9.79. The minimum Gasteiger partial charge on any atom is -0.480 e. The Morgan fingerprint density at radius 2 is 2.06 bits per heavy atom. The van der Waals surface area contributed by atoms with Gasteiger partial charge in [-0.05, 0) is 30.2 Å². The molecule has 0 aliphatic carbocycles. The van der Waals surface area contributed by atoms with Crippen molar-refractivity contribution in [3.63, 3.8) is 0 Å². The van der Waals surface area contributed by atoms with Crippen molar-refractivity contribution in [1.82, 2.24) is 15.2 Å². The van der Waals surface area contributed by atoms with Crippen molar-refractivity contribution < 1.29 is 4.74 Å². The fraction of sp³-hybridized carbons (Fsp3) is 0.250. The quantitative estimate of drug-likeness (QED) is 0.858. The molecule has 0 saturated carbocycles. The topological polar surface area (TPSA) is 73.9 Å². The second-order valence-corrected chi connectivity index (χ2v) is 3.71. The number of ether oxygens (including phenoxy) is 1. The fourth-order valence-electron chi connectivity index (χ4n) is 1.57. The Labute approximate surface area is 99.7 Å². The van der Waals surface area contributed by atoms with E-state index in [1.807, 2.05) is 19.1 Å². The summed E-state index contributed by atoms with van der Waals surface area (Å²) >= 11 is 0. The van der Waals surface area contributed by atoms with Gasteiger partial charge in [-0.2, -0.15) is 0 Å². The van der Waals surface area contributed by atoms with E-state index in [1.54, 1.807) is 25.6 Å². The van der Waals surface area contributed by atoms with Gasteiger partial charge in [0.15, 0.2) is 0 Å². The number of hydrogen-bond acceptors (Lipinski definition) is 5. The maximum absolute atomic E-state index is 6.13. The molecule has 2 heterocycles. The van der Waals surface area contributed by atoms with Crippen molar-refractivity contribution in [3.05, 3.63) is 47.4 Å². The molecular weight excluding hydrogens is 216 g/mol. The van der Waals surface area contributed by atoms with Crippen molar-refractivity contribution in [2.24, 2.45) is 5.73 Å². The van der Waals surface area contributed by atoms with E-state index in [1.165, 1.54) is 0 Å². The van der Waals surface area contributed by atoms with E-state index in [0.717, 1.165) is 11.1 Å². The summed E-state index contributed by atoms with van der Waals surface area (Å²) in [6, 6.07) is 5.16. The molecule has 0 aromatic carbocycles. The predicted octanol–water partition coefficient (Wildman–Crippen LogP) is 1.24. The molecule has 0 fully saturated rings. The maximum atomic E-state index is 6.13. The summed E-state index contributed by atoms with van der Waals surface area (Å²) in [6.45, 7) is 1.99. The summed E-state index contributed by atoms with van der Waals surface area (Å²) in [5.41, 5.74) is 8.86. The monoisotopic (exact) mass is 230 g/mol. The largest absolute Gasteiger partial charge is 0.480 e. The molecule has 1 atom stereocenters. The van der Waals surface area contributed by atoms with Gasteiger partial charge in [0.2, 0.25) is 5.88 Å². The van der Waals surface area contributed by atoms with Crippen LogP contribution in [0.15, 0.2) is 30.6 Å². The van der Waals surface area contributed by atoms with E-state index in [2.05, 4.69) is 15.2 Å². The van der Waals surface area contributed by atoms with Gasteiger partial charge >= 0.3 is 0 Å². The highest BCUT2D eigenvalue weighted by atomic mass is 16.5. The molecule has 0 aliphatic rings. The first-order valence-corrected chi connectivity index (χ1v) is 5.26. The van der Waals surface area contributed by atoms with Gasteiger partial charge in [0.25, 0.3) is 0 Å². The van der Waals surface area contributed by atoms with Gasteiger partial charge in [-0.3, -0.25) is 4.98 Å². The minimum absolute atomic E-state index is 0.317. The molecule has 0 radical (unpaired) electrons. The predicted molar refractivity (Wildman–Crippen MR) is 63.6 cm³/mol. The summed E-state index contributed by atoms with van der Waals surface area (Å²) < 4.78 is 4.95. The van der Waals surface area contributed by atoms with Crippen LogP contribution in [-0.4, -0.2) is 22.3 Å². The lowest BCUT2D eigenvalue weighted by molar-refractivity contribution is 0.390. The molecule has 0 amide bonds. The average molecular weight is 230 g/mol. The van der Waals surface area contributed by atoms with E-state index >= 15 is 0 Å². The average Bonchev–Trinajstić information content (AvgIpc) is 2.39. The number of aromatic nitrogens is 3. The summed E-state index contributed by atoms with van der Waals surface area (Å²) in [7, 11) is 1.55. The third-order valence-corrected chi connectivity index (χ3v) is 2.60. The van der Waals surface area contributed by atoms with Crippen molar-refractivity contribution in [1.29, 1.82) is 0 Å². The number of pyridine rings is 1. The van der Waals surface area contributed by atoms with E-state index in [4.69, 9.17) is 10.5 Å². The van der Waals surface area contributed by atoms with Gasteiger partial charge < -0.3 is 10.5 Å². The van der Waals surface area contributed by atoms with Crippen LogP contribution in [0.25, 0.3) is 0 Å². The van der Waals surface area contributed by atoms with Gasteiger partial charge in [0.1, 0.15) is 0 Å². The standard InChI is InChI=1S/C12H14N4O/c1-8-5-6-14-7-9(8)12(13)10-3-4-11(17-2)16-15-10/h3-7,12H,13H2,1-2H3. The number of aryl methyl sites for hydroxylation is 1. The van der Waals surface area contributed by atoms with Crippen LogP contribution >= 0.6 is 0 Å². The van der Waals surface area contributed by atoms with Crippen LogP contribution in [0.1, 0.15) is 22.9 Å². The molecule has 2 N–H and O–H groups in total. The van der Waals surface area contributed by atoms with Crippen LogP contribution < -0.4 is 10.5 Å². The Balaban J connectivity index is 2.30. The first-order valence-electron chi connectivity index (χ1n) is 5.26. The summed E-state index contributed by atoms with van der Waals surface area (Å²) in [4.78, 5) is 4.07. The minimum atomic E-state index is -0.317.